The number of aromatic nitrogens is 1. The van der Waals surface area contributed by atoms with E-state index in [1.807, 2.05) is 31.2 Å². The second-order valence-corrected chi connectivity index (χ2v) is 4.20. The third-order valence-corrected chi connectivity index (χ3v) is 2.89. The first-order chi connectivity index (χ1) is 9.15. The Hall–Kier alpha value is -2.20. The van der Waals surface area contributed by atoms with Crippen molar-refractivity contribution in [2.75, 3.05) is 7.11 Å². The van der Waals surface area contributed by atoms with Crippen molar-refractivity contribution in [3.8, 4) is 11.1 Å². The van der Waals surface area contributed by atoms with Crippen molar-refractivity contribution in [2.45, 2.75) is 13.5 Å². The van der Waals surface area contributed by atoms with Gasteiger partial charge >= 0.3 is 5.97 Å². The van der Waals surface area contributed by atoms with Crippen LogP contribution >= 0.6 is 0 Å². The van der Waals surface area contributed by atoms with Gasteiger partial charge in [-0.15, -0.1) is 0 Å². The van der Waals surface area contributed by atoms with E-state index < -0.39 is 5.97 Å². The molecule has 4 heteroatoms. The quantitative estimate of drug-likeness (QED) is 0.857. The molecule has 0 bridgehead atoms. The van der Waals surface area contributed by atoms with E-state index in [1.165, 1.54) is 7.11 Å². The Bertz CT molecular complexity index is 608. The summed E-state index contributed by atoms with van der Waals surface area (Å²) < 4.78 is 4.67. The number of nitrogens with zero attached hydrogens (tertiary/aromatic N) is 1. The number of methoxy groups -OCH3 is 1. The Kier molecular flexibility index (Phi) is 3.92. The standard InChI is InChI=1S/C15H15NO3/c1-10-5-3-4-6-13(10)11-7-12(9-17)16-14(8-11)15(18)19-2/h3-8,17H,9H2,1-2H3. The number of aliphatic hydroxyl groups is 1. The van der Waals surface area contributed by atoms with Crippen LogP contribution < -0.4 is 0 Å². The highest BCUT2D eigenvalue weighted by molar-refractivity contribution is 5.89. The number of pyridine rings is 1. The number of hydrogen-bond donors (Lipinski definition) is 1. The van der Waals surface area contributed by atoms with Crippen LogP contribution in [0.15, 0.2) is 36.4 Å². The predicted octanol–water partition coefficient (Wildman–Crippen LogP) is 2.34. The third kappa shape index (κ3) is 2.80. The highest BCUT2D eigenvalue weighted by Crippen LogP contribution is 2.24. The molecule has 1 N–H and O–H groups in total. The lowest BCUT2D eigenvalue weighted by Gasteiger charge is -2.09. The van der Waals surface area contributed by atoms with Gasteiger partial charge in [0.15, 0.2) is 0 Å². The van der Waals surface area contributed by atoms with Crippen molar-refractivity contribution in [2.24, 2.45) is 0 Å². The van der Waals surface area contributed by atoms with Gasteiger partial charge < -0.3 is 9.84 Å². The van der Waals surface area contributed by atoms with Crippen molar-refractivity contribution in [1.29, 1.82) is 0 Å². The van der Waals surface area contributed by atoms with Crippen molar-refractivity contribution in [3.63, 3.8) is 0 Å². The minimum absolute atomic E-state index is 0.201. The molecule has 0 saturated heterocycles. The van der Waals surface area contributed by atoms with Gasteiger partial charge in [-0.3, -0.25) is 0 Å². The Morgan fingerprint density at radius 1 is 1.32 bits per heavy atom. The fraction of sp³-hybridized carbons (Fsp3) is 0.200. The van der Waals surface area contributed by atoms with Crippen LogP contribution in [-0.4, -0.2) is 23.2 Å². The van der Waals surface area contributed by atoms with Crippen LogP contribution in [-0.2, 0) is 11.3 Å². The van der Waals surface area contributed by atoms with E-state index in [2.05, 4.69) is 9.72 Å². The molecule has 0 atom stereocenters. The Morgan fingerprint density at radius 3 is 2.68 bits per heavy atom. The van der Waals surface area contributed by atoms with Gasteiger partial charge in [0.25, 0.3) is 0 Å². The molecule has 98 valence electrons. The number of benzene rings is 1. The maximum absolute atomic E-state index is 11.6. The summed E-state index contributed by atoms with van der Waals surface area (Å²) >= 11 is 0. The van der Waals surface area contributed by atoms with E-state index in [9.17, 15) is 9.90 Å². The van der Waals surface area contributed by atoms with Crippen molar-refractivity contribution < 1.29 is 14.6 Å². The SMILES string of the molecule is COC(=O)c1cc(-c2ccccc2C)cc(CO)n1. The number of carbonyl (C=O) groups is 1. The smallest absolute Gasteiger partial charge is 0.356 e. The summed E-state index contributed by atoms with van der Waals surface area (Å²) in [5, 5.41) is 9.24. The monoisotopic (exact) mass is 257 g/mol. The first-order valence-corrected chi connectivity index (χ1v) is 5.92. The summed E-state index contributed by atoms with van der Waals surface area (Å²) in [6.07, 6.45) is 0. The van der Waals surface area contributed by atoms with E-state index >= 15 is 0 Å². The number of aliphatic hydroxyl groups excluding tert-OH is 1. The lowest BCUT2D eigenvalue weighted by atomic mass is 10.00. The molecule has 19 heavy (non-hydrogen) atoms. The molecule has 1 heterocycles. The van der Waals surface area contributed by atoms with E-state index in [0.29, 0.717) is 5.69 Å². The third-order valence-electron chi connectivity index (χ3n) is 2.89. The van der Waals surface area contributed by atoms with Crippen LogP contribution in [0.4, 0.5) is 0 Å². The van der Waals surface area contributed by atoms with Crippen LogP contribution in [0.25, 0.3) is 11.1 Å². The lowest BCUT2D eigenvalue weighted by Crippen LogP contribution is -2.07. The highest BCUT2D eigenvalue weighted by Gasteiger charge is 2.12. The topological polar surface area (TPSA) is 59.4 Å². The molecule has 0 aliphatic heterocycles. The fourth-order valence-electron chi connectivity index (χ4n) is 1.93. The van der Waals surface area contributed by atoms with Gasteiger partial charge in [-0.25, -0.2) is 9.78 Å². The zero-order valence-corrected chi connectivity index (χ0v) is 10.9. The largest absolute Gasteiger partial charge is 0.464 e. The summed E-state index contributed by atoms with van der Waals surface area (Å²) in [6.45, 7) is 1.77. The summed E-state index contributed by atoms with van der Waals surface area (Å²) in [4.78, 5) is 15.6. The normalized spacial score (nSPS) is 10.3. The Morgan fingerprint density at radius 2 is 2.05 bits per heavy atom. The minimum Gasteiger partial charge on any atom is -0.464 e. The summed E-state index contributed by atoms with van der Waals surface area (Å²) in [5.41, 5.74) is 3.59. The van der Waals surface area contributed by atoms with E-state index in [-0.39, 0.29) is 12.3 Å². The van der Waals surface area contributed by atoms with Gasteiger partial charge in [-0.05, 0) is 35.7 Å². The molecule has 0 spiro atoms. The number of aryl methyl sites for hydroxylation is 1. The van der Waals surface area contributed by atoms with Crippen LogP contribution in [0.5, 0.6) is 0 Å². The Labute approximate surface area is 111 Å². The van der Waals surface area contributed by atoms with Gasteiger partial charge in [0, 0.05) is 0 Å². The molecule has 1 aromatic carbocycles. The summed E-state index contributed by atoms with van der Waals surface area (Å²) in [6, 6.07) is 11.3. The van der Waals surface area contributed by atoms with E-state index in [1.54, 1.807) is 12.1 Å². The summed E-state index contributed by atoms with van der Waals surface area (Å²) in [5.74, 6) is -0.509. The first kappa shape index (κ1) is 13.2. The molecular formula is C15H15NO3. The maximum atomic E-state index is 11.6. The van der Waals surface area contributed by atoms with Crippen molar-refractivity contribution >= 4 is 5.97 Å². The summed E-state index contributed by atoms with van der Waals surface area (Å²) in [7, 11) is 1.31. The second-order valence-electron chi connectivity index (χ2n) is 4.20. The molecule has 0 fully saturated rings. The molecule has 0 saturated carbocycles. The van der Waals surface area contributed by atoms with Crippen LogP contribution in [0.3, 0.4) is 0 Å². The second kappa shape index (κ2) is 5.63. The highest BCUT2D eigenvalue weighted by atomic mass is 16.5. The molecule has 1 aromatic heterocycles. The van der Waals surface area contributed by atoms with E-state index in [0.717, 1.165) is 16.7 Å². The maximum Gasteiger partial charge on any atom is 0.356 e. The molecule has 0 aliphatic carbocycles. The predicted molar refractivity (Wildman–Crippen MR) is 71.7 cm³/mol. The van der Waals surface area contributed by atoms with Gasteiger partial charge in [-0.1, -0.05) is 24.3 Å². The van der Waals surface area contributed by atoms with E-state index in [4.69, 9.17) is 0 Å². The van der Waals surface area contributed by atoms with Crippen LogP contribution in [0, 0.1) is 6.92 Å². The van der Waals surface area contributed by atoms with Gasteiger partial charge in [0.1, 0.15) is 5.69 Å². The average Bonchev–Trinajstić information content (AvgIpc) is 2.46. The number of esters is 1. The molecule has 2 rings (SSSR count). The minimum atomic E-state index is -0.509. The van der Waals surface area contributed by atoms with Crippen molar-refractivity contribution in [1.82, 2.24) is 4.98 Å². The molecular weight excluding hydrogens is 242 g/mol. The molecule has 4 nitrogen and oxygen atoms in total. The zero-order valence-electron chi connectivity index (χ0n) is 10.9. The first-order valence-electron chi connectivity index (χ1n) is 5.92. The Balaban J connectivity index is 2.57. The van der Waals surface area contributed by atoms with Gasteiger partial charge in [0.2, 0.25) is 0 Å². The van der Waals surface area contributed by atoms with Crippen molar-refractivity contribution in [3.05, 3.63) is 53.3 Å². The molecule has 0 unspecified atom stereocenters. The van der Waals surface area contributed by atoms with Crippen LogP contribution in [0.2, 0.25) is 0 Å². The average molecular weight is 257 g/mol. The number of ether oxygens (including phenoxy) is 1. The molecule has 0 radical (unpaired) electrons. The van der Waals surface area contributed by atoms with Gasteiger partial charge in [0.05, 0.1) is 19.4 Å². The fourth-order valence-corrected chi connectivity index (χ4v) is 1.93. The van der Waals surface area contributed by atoms with Crippen LogP contribution in [0.1, 0.15) is 21.7 Å². The number of carbonyl (C=O) groups excluding carboxylic acids is 1. The molecule has 2 aromatic rings. The zero-order chi connectivity index (χ0) is 13.8. The van der Waals surface area contributed by atoms with Gasteiger partial charge in [-0.2, -0.15) is 0 Å². The molecule has 0 aliphatic rings. The lowest BCUT2D eigenvalue weighted by molar-refractivity contribution is 0.0593. The number of rotatable bonds is 3. The molecule has 0 amide bonds. The number of hydrogen-bond acceptors (Lipinski definition) is 4.